The average molecular weight is 120 g/mol. The van der Waals surface area contributed by atoms with Crippen molar-refractivity contribution >= 4 is 48.7 Å². The molecule has 2 nitrogen and oxygen atoms in total. The smallest absolute Gasteiger partial charge is 2.00 e. The Morgan fingerprint density at radius 1 is 1.71 bits per heavy atom. The van der Waals surface area contributed by atoms with Gasteiger partial charge in [-0.3, -0.25) is 0 Å². The Balaban J connectivity index is -0.0000000800. The molecule has 0 heterocycles. The van der Waals surface area contributed by atoms with E-state index in [9.17, 15) is 4.79 Å². The van der Waals surface area contributed by atoms with Crippen LogP contribution in [0.1, 0.15) is 0 Å². The number of hydrogen-bond acceptors (Lipinski definition) is 1. The predicted molar refractivity (Wildman–Crippen MR) is 27.4 cm³/mol. The molecular formula is C3H3Mg2O2+. The van der Waals surface area contributed by atoms with Crippen molar-refractivity contribution in [2.75, 3.05) is 0 Å². The predicted octanol–water partition coefficient (Wildman–Crippen LogP) is -0.632. The fourth-order valence-electron chi connectivity index (χ4n) is 0. The van der Waals surface area contributed by atoms with Gasteiger partial charge in [0.25, 0.3) is 0 Å². The van der Waals surface area contributed by atoms with E-state index < -0.39 is 0 Å². The molecule has 0 unspecified atom stereocenters. The fraction of sp³-hybridized carbons (Fsp3) is 0. The van der Waals surface area contributed by atoms with Gasteiger partial charge >= 0.3 is 66.1 Å². The molecule has 0 radical (unpaired) electrons. The third-order valence-corrected chi connectivity index (χ3v) is 0.516. The molecule has 0 saturated heterocycles. The quantitative estimate of drug-likeness (QED) is 0.335. The maximum atomic E-state index is 9.71. The summed E-state index contributed by atoms with van der Waals surface area (Å²) in [5, 5.41) is 0. The van der Waals surface area contributed by atoms with Gasteiger partial charge in [-0.05, 0) is 0 Å². The molecule has 4 heteroatoms. The molecule has 0 rings (SSSR count). The summed E-state index contributed by atoms with van der Waals surface area (Å²) in [5.74, 6) is 0. The average Bonchev–Trinajstić information content (AvgIpc) is 1.38. The molecule has 0 saturated carbocycles. The molecule has 0 aliphatic rings. The second-order valence-electron chi connectivity index (χ2n) is 0.670. The van der Waals surface area contributed by atoms with Crippen molar-refractivity contribution in [1.29, 1.82) is 0 Å². The summed E-state index contributed by atoms with van der Waals surface area (Å²) in [6.45, 7) is 3.22. The molecule has 0 aromatic heterocycles. The Hall–Kier alpha value is 0.902. The van der Waals surface area contributed by atoms with Crippen LogP contribution in [0.25, 0.3) is 0 Å². The summed E-state index contributed by atoms with van der Waals surface area (Å²) in [5.41, 5.74) is 0. The van der Waals surface area contributed by atoms with Crippen LogP contribution in [-0.4, -0.2) is 48.7 Å². The van der Waals surface area contributed by atoms with Crippen molar-refractivity contribution in [3.63, 3.8) is 0 Å². The Kier molecular flexibility index (Phi) is 22.4. The number of hydrogen-bond donors (Lipinski definition) is 0. The molecule has 0 aromatic carbocycles. The van der Waals surface area contributed by atoms with Gasteiger partial charge in [-0.1, -0.05) is 0 Å². The summed E-state index contributed by atoms with van der Waals surface area (Å²) in [6, 6.07) is 0. The first-order chi connectivity index (χ1) is 2.27. The van der Waals surface area contributed by atoms with Crippen molar-refractivity contribution in [3.05, 3.63) is 12.7 Å². The minimum atomic E-state index is 0. The van der Waals surface area contributed by atoms with Crippen molar-refractivity contribution in [1.82, 2.24) is 0 Å². The zero-order chi connectivity index (χ0) is 4.28. The summed E-state index contributed by atoms with van der Waals surface area (Å²) in [6.07, 6.45) is 1.29. The van der Waals surface area contributed by atoms with E-state index in [0.29, 0.717) is 0 Å². The standard InChI is InChI=1S/C3H3O.2Mg.O/c1-2-3-4;;;/h2H,1H2;;;/q;+1;+2;-2. The maximum Gasteiger partial charge on any atom is 2.00 e. The van der Waals surface area contributed by atoms with E-state index in [4.69, 9.17) is 0 Å². The fourth-order valence-corrected chi connectivity index (χ4v) is 0. The van der Waals surface area contributed by atoms with Gasteiger partial charge in [-0.2, -0.15) is 0 Å². The monoisotopic (exact) mass is 119 g/mol. The topological polar surface area (TPSA) is 45.6 Å². The zero-order valence-electron chi connectivity index (χ0n) is 4.02. The zero-order valence-corrected chi connectivity index (χ0v) is 6.84. The van der Waals surface area contributed by atoms with Crippen molar-refractivity contribution < 1.29 is 10.3 Å². The van der Waals surface area contributed by atoms with Crippen LogP contribution in [0.2, 0.25) is 0 Å². The Morgan fingerprint density at radius 2 is 1.86 bits per heavy atom. The van der Waals surface area contributed by atoms with Crippen LogP contribution in [0.5, 0.6) is 0 Å². The number of carbonyl (C=O) groups is 1. The Bertz CT molecular complexity index is 62.0. The van der Waals surface area contributed by atoms with Crippen molar-refractivity contribution in [2.45, 2.75) is 0 Å². The molecule has 0 aliphatic carbocycles. The first kappa shape index (κ1) is 15.7. The van der Waals surface area contributed by atoms with E-state index in [1.165, 1.54) is 27.8 Å². The van der Waals surface area contributed by atoms with E-state index in [0.717, 1.165) is 0 Å². The minimum absolute atomic E-state index is 0. The first-order valence-corrected chi connectivity index (χ1v) is 1.96. The van der Waals surface area contributed by atoms with Crippen LogP contribution >= 0.6 is 0 Å². The molecule has 0 bridgehead atoms. The van der Waals surface area contributed by atoms with Crippen LogP contribution in [0, 0.1) is 0 Å². The van der Waals surface area contributed by atoms with Crippen LogP contribution in [0.3, 0.4) is 0 Å². The van der Waals surface area contributed by atoms with Crippen LogP contribution < -0.4 is 0 Å². The molecule has 0 aliphatic heterocycles. The first-order valence-electron chi connectivity index (χ1n) is 1.25. The molecule has 0 amide bonds. The third kappa shape index (κ3) is 19.7. The van der Waals surface area contributed by atoms with Gasteiger partial charge in [-0.25, -0.2) is 0 Å². The number of carbonyl (C=O) groups excluding carboxylic acids is 1. The van der Waals surface area contributed by atoms with Gasteiger partial charge in [0.2, 0.25) is 0 Å². The molecular weight excluding hydrogens is 117 g/mol. The summed E-state index contributed by atoms with van der Waals surface area (Å²) >= 11 is 1.29. The van der Waals surface area contributed by atoms with Crippen LogP contribution in [0.4, 0.5) is 0 Å². The van der Waals surface area contributed by atoms with Crippen LogP contribution in [0.15, 0.2) is 12.7 Å². The Labute approximate surface area is 71.2 Å². The van der Waals surface area contributed by atoms with Gasteiger partial charge in [-0.15, -0.1) is 0 Å². The largest absolute Gasteiger partial charge is 2.00 e. The summed E-state index contributed by atoms with van der Waals surface area (Å²) in [4.78, 5) is 9.71. The van der Waals surface area contributed by atoms with Crippen LogP contribution in [-0.2, 0) is 10.3 Å². The molecule has 7 heavy (non-hydrogen) atoms. The van der Waals surface area contributed by atoms with E-state index >= 15 is 0 Å². The molecule has 0 atom stereocenters. The molecule has 30 valence electrons. The van der Waals surface area contributed by atoms with E-state index in [1.807, 2.05) is 0 Å². The van der Waals surface area contributed by atoms with Gasteiger partial charge in [0.05, 0.1) is 0 Å². The molecule has 0 N–H and O–H groups in total. The molecule has 0 fully saturated rings. The van der Waals surface area contributed by atoms with Gasteiger partial charge in [0.1, 0.15) is 0 Å². The van der Waals surface area contributed by atoms with Gasteiger partial charge in [0.15, 0.2) is 0 Å². The molecule has 0 spiro atoms. The number of allylic oxidation sites excluding steroid dienone is 1. The normalized spacial score (nSPS) is 4.86. The SMILES string of the molecule is C=C[C](=O)[Mg+].[Mg+2].[O-2]. The summed E-state index contributed by atoms with van der Waals surface area (Å²) < 4.78 is 0.0463. The second-order valence-corrected chi connectivity index (χ2v) is 1.37. The maximum absolute atomic E-state index is 9.71. The second kappa shape index (κ2) is 10.0. The minimum Gasteiger partial charge on any atom is -2.00 e. The number of rotatable bonds is 1. The van der Waals surface area contributed by atoms with Crippen molar-refractivity contribution in [2.24, 2.45) is 0 Å². The third-order valence-electron chi connectivity index (χ3n) is 0.228. The van der Waals surface area contributed by atoms with Gasteiger partial charge < -0.3 is 5.48 Å². The van der Waals surface area contributed by atoms with Crippen molar-refractivity contribution in [3.8, 4) is 0 Å². The summed E-state index contributed by atoms with van der Waals surface area (Å²) in [7, 11) is 0. The van der Waals surface area contributed by atoms with E-state index in [2.05, 4.69) is 6.58 Å². The van der Waals surface area contributed by atoms with E-state index in [1.54, 1.807) is 0 Å². The molecule has 0 aromatic rings. The van der Waals surface area contributed by atoms with E-state index in [-0.39, 0.29) is 32.4 Å². The Morgan fingerprint density at radius 3 is 1.86 bits per heavy atom. The van der Waals surface area contributed by atoms with Gasteiger partial charge in [0, 0.05) is 0 Å².